The van der Waals surface area contributed by atoms with Gasteiger partial charge in [-0.1, -0.05) is 19.8 Å². The quantitative estimate of drug-likeness (QED) is 0.716. The highest BCUT2D eigenvalue weighted by atomic mass is 32.1. The fourth-order valence-electron chi connectivity index (χ4n) is 1.57. The zero-order valence-electron chi connectivity index (χ0n) is 11.0. The van der Waals surface area contributed by atoms with Crippen molar-refractivity contribution in [2.24, 2.45) is 0 Å². The van der Waals surface area contributed by atoms with Crippen LogP contribution in [0.4, 0.5) is 4.79 Å². The van der Waals surface area contributed by atoms with E-state index in [0.29, 0.717) is 6.42 Å². The molecule has 6 nitrogen and oxygen atoms in total. The Morgan fingerprint density at radius 1 is 1.47 bits per heavy atom. The van der Waals surface area contributed by atoms with E-state index in [9.17, 15) is 9.59 Å². The van der Waals surface area contributed by atoms with Gasteiger partial charge in [-0.2, -0.15) is 0 Å². The third kappa shape index (κ3) is 5.25. The number of thiazole rings is 1. The number of aliphatic carboxylic acids is 1. The summed E-state index contributed by atoms with van der Waals surface area (Å²) in [4.78, 5) is 26.8. The highest BCUT2D eigenvalue weighted by Crippen LogP contribution is 2.14. The van der Waals surface area contributed by atoms with Crippen LogP contribution in [0.3, 0.4) is 0 Å². The van der Waals surface area contributed by atoms with Gasteiger partial charge in [0.15, 0.2) is 0 Å². The highest BCUT2D eigenvalue weighted by Gasteiger charge is 2.20. The largest absolute Gasteiger partial charge is 0.480 e. The van der Waals surface area contributed by atoms with Crippen LogP contribution in [0.25, 0.3) is 0 Å². The molecule has 0 aromatic carbocycles. The number of hydrogen-bond donors (Lipinski definition) is 3. The van der Waals surface area contributed by atoms with Gasteiger partial charge in [-0.15, -0.1) is 11.3 Å². The van der Waals surface area contributed by atoms with Gasteiger partial charge in [-0.25, -0.2) is 14.6 Å². The Bertz CT molecular complexity index is 408. The summed E-state index contributed by atoms with van der Waals surface area (Å²) in [7, 11) is 0. The molecule has 0 saturated heterocycles. The van der Waals surface area contributed by atoms with Crippen LogP contribution in [0, 0.1) is 0 Å². The average molecular weight is 285 g/mol. The number of nitrogens with zero attached hydrogens (tertiary/aromatic N) is 1. The molecule has 0 aliphatic rings. The third-order valence-electron chi connectivity index (χ3n) is 2.62. The molecule has 7 heteroatoms. The maximum Gasteiger partial charge on any atom is 0.326 e. The number of urea groups is 1. The Labute approximate surface area is 116 Å². The molecule has 106 valence electrons. The Hall–Kier alpha value is -1.63. The standard InChI is InChI=1S/C12H19N3O3S/c1-3-4-5-9(11(16)17)15-12(18)14-8(2)10-13-6-7-19-10/h6-9H,3-5H2,1-2H3,(H,16,17)(H2,14,15,18). The molecule has 0 spiro atoms. The molecular formula is C12H19N3O3S. The predicted molar refractivity (Wildman–Crippen MR) is 73.1 cm³/mol. The van der Waals surface area contributed by atoms with Gasteiger partial charge in [0.1, 0.15) is 11.0 Å². The fraction of sp³-hybridized carbons (Fsp3) is 0.583. The Balaban J connectivity index is 2.46. The van der Waals surface area contributed by atoms with E-state index >= 15 is 0 Å². The van der Waals surface area contributed by atoms with Crippen molar-refractivity contribution in [3.8, 4) is 0 Å². The van der Waals surface area contributed by atoms with Crippen molar-refractivity contribution in [1.29, 1.82) is 0 Å². The summed E-state index contributed by atoms with van der Waals surface area (Å²) < 4.78 is 0. The number of amides is 2. The minimum atomic E-state index is -1.01. The van der Waals surface area contributed by atoms with Gasteiger partial charge in [0, 0.05) is 11.6 Å². The van der Waals surface area contributed by atoms with Gasteiger partial charge < -0.3 is 15.7 Å². The van der Waals surface area contributed by atoms with Crippen LogP contribution in [0.2, 0.25) is 0 Å². The van der Waals surface area contributed by atoms with Crippen LogP contribution in [0.15, 0.2) is 11.6 Å². The Morgan fingerprint density at radius 2 is 2.21 bits per heavy atom. The number of unbranched alkanes of at least 4 members (excludes halogenated alkanes) is 1. The van der Waals surface area contributed by atoms with Crippen LogP contribution in [-0.4, -0.2) is 28.1 Å². The molecule has 0 aliphatic heterocycles. The number of hydrogen-bond acceptors (Lipinski definition) is 4. The number of rotatable bonds is 7. The molecule has 1 rings (SSSR count). The van der Waals surface area contributed by atoms with Gasteiger partial charge in [0.2, 0.25) is 0 Å². The van der Waals surface area contributed by atoms with E-state index in [0.717, 1.165) is 17.8 Å². The van der Waals surface area contributed by atoms with Crippen molar-refractivity contribution >= 4 is 23.3 Å². The first kappa shape index (κ1) is 15.4. The lowest BCUT2D eigenvalue weighted by Gasteiger charge is -2.17. The molecule has 3 N–H and O–H groups in total. The number of carbonyl (C=O) groups is 2. The zero-order valence-corrected chi connectivity index (χ0v) is 11.9. The average Bonchev–Trinajstić information content (AvgIpc) is 2.87. The first-order chi connectivity index (χ1) is 9.04. The molecule has 19 heavy (non-hydrogen) atoms. The summed E-state index contributed by atoms with van der Waals surface area (Å²) in [5.74, 6) is -1.01. The minimum Gasteiger partial charge on any atom is -0.480 e. The molecule has 1 aromatic rings. The summed E-state index contributed by atoms with van der Waals surface area (Å²) in [6.45, 7) is 3.78. The number of carboxylic acids is 1. The van der Waals surface area contributed by atoms with E-state index in [-0.39, 0.29) is 6.04 Å². The minimum absolute atomic E-state index is 0.236. The number of carbonyl (C=O) groups excluding carboxylic acids is 1. The lowest BCUT2D eigenvalue weighted by molar-refractivity contribution is -0.139. The second-order valence-electron chi connectivity index (χ2n) is 4.24. The lowest BCUT2D eigenvalue weighted by Crippen LogP contribution is -2.46. The van der Waals surface area contributed by atoms with Crippen LogP contribution in [0.1, 0.15) is 44.2 Å². The molecule has 0 saturated carbocycles. The topological polar surface area (TPSA) is 91.3 Å². The summed E-state index contributed by atoms with van der Waals surface area (Å²) in [6.07, 6.45) is 3.75. The van der Waals surface area contributed by atoms with Crippen LogP contribution >= 0.6 is 11.3 Å². The SMILES string of the molecule is CCCCC(NC(=O)NC(C)c1nccs1)C(=O)O. The van der Waals surface area contributed by atoms with E-state index in [1.165, 1.54) is 11.3 Å². The second kappa shape index (κ2) is 7.73. The van der Waals surface area contributed by atoms with Gasteiger partial charge in [-0.05, 0) is 13.3 Å². The predicted octanol–water partition coefficient (Wildman–Crippen LogP) is 2.15. The van der Waals surface area contributed by atoms with E-state index in [1.54, 1.807) is 13.1 Å². The normalized spacial score (nSPS) is 13.6. The van der Waals surface area contributed by atoms with E-state index < -0.39 is 18.0 Å². The molecule has 2 unspecified atom stereocenters. The molecule has 2 atom stereocenters. The molecule has 2 amide bonds. The van der Waals surface area contributed by atoms with Crippen molar-refractivity contribution in [3.05, 3.63) is 16.6 Å². The molecule has 0 aliphatic carbocycles. The smallest absolute Gasteiger partial charge is 0.326 e. The summed E-state index contributed by atoms with van der Waals surface area (Å²) in [5.41, 5.74) is 0. The van der Waals surface area contributed by atoms with Crippen molar-refractivity contribution < 1.29 is 14.7 Å². The Kier molecular flexibility index (Phi) is 6.27. The molecule has 1 aromatic heterocycles. The molecular weight excluding hydrogens is 266 g/mol. The number of aromatic nitrogens is 1. The summed E-state index contributed by atoms with van der Waals surface area (Å²) in [5, 5.41) is 16.8. The van der Waals surface area contributed by atoms with Gasteiger partial charge in [0.05, 0.1) is 6.04 Å². The molecule has 0 radical (unpaired) electrons. The third-order valence-corrected chi connectivity index (χ3v) is 3.58. The summed E-state index contributed by atoms with van der Waals surface area (Å²) >= 11 is 1.44. The van der Waals surface area contributed by atoms with Crippen molar-refractivity contribution in [2.75, 3.05) is 0 Å². The summed E-state index contributed by atoms with van der Waals surface area (Å²) in [6, 6.07) is -1.56. The molecule has 0 fully saturated rings. The molecule has 1 heterocycles. The van der Waals surface area contributed by atoms with Crippen LogP contribution in [0.5, 0.6) is 0 Å². The van der Waals surface area contributed by atoms with Gasteiger partial charge in [-0.3, -0.25) is 0 Å². The first-order valence-electron chi connectivity index (χ1n) is 6.23. The van der Waals surface area contributed by atoms with Crippen LogP contribution < -0.4 is 10.6 Å². The zero-order chi connectivity index (χ0) is 14.3. The van der Waals surface area contributed by atoms with Crippen molar-refractivity contribution in [1.82, 2.24) is 15.6 Å². The molecule has 0 bridgehead atoms. The second-order valence-corrected chi connectivity index (χ2v) is 5.17. The van der Waals surface area contributed by atoms with Gasteiger partial charge >= 0.3 is 12.0 Å². The first-order valence-corrected chi connectivity index (χ1v) is 7.11. The fourth-order valence-corrected chi connectivity index (χ4v) is 2.22. The Morgan fingerprint density at radius 3 is 2.74 bits per heavy atom. The monoisotopic (exact) mass is 285 g/mol. The van der Waals surface area contributed by atoms with E-state index in [2.05, 4.69) is 15.6 Å². The van der Waals surface area contributed by atoms with Crippen molar-refractivity contribution in [2.45, 2.75) is 45.2 Å². The van der Waals surface area contributed by atoms with E-state index in [4.69, 9.17) is 5.11 Å². The highest BCUT2D eigenvalue weighted by molar-refractivity contribution is 7.09. The van der Waals surface area contributed by atoms with Crippen molar-refractivity contribution in [3.63, 3.8) is 0 Å². The maximum atomic E-state index is 11.7. The van der Waals surface area contributed by atoms with Crippen LogP contribution in [-0.2, 0) is 4.79 Å². The number of nitrogens with one attached hydrogen (secondary N) is 2. The maximum absolute atomic E-state index is 11.7. The van der Waals surface area contributed by atoms with E-state index in [1.807, 2.05) is 12.3 Å². The number of carboxylic acid groups (broad SMARTS) is 1. The van der Waals surface area contributed by atoms with Gasteiger partial charge in [0.25, 0.3) is 0 Å². The lowest BCUT2D eigenvalue weighted by atomic mass is 10.1.